The molecule has 0 unspecified atom stereocenters. The second kappa shape index (κ2) is 6.85. The van der Waals surface area contributed by atoms with E-state index < -0.39 is 0 Å². The Morgan fingerprint density at radius 1 is 1.26 bits per heavy atom. The van der Waals surface area contributed by atoms with Crippen molar-refractivity contribution in [3.8, 4) is 0 Å². The van der Waals surface area contributed by atoms with Gasteiger partial charge in [0.05, 0.1) is 0 Å². The zero-order valence-electron chi connectivity index (χ0n) is 12.0. The average Bonchev–Trinajstić information content (AvgIpc) is 2.27. The van der Waals surface area contributed by atoms with Gasteiger partial charge in [-0.15, -0.1) is 0 Å². The molecule has 0 saturated heterocycles. The molecular formula is C15H23FN2S. The van der Waals surface area contributed by atoms with Crippen LogP contribution in [0.25, 0.3) is 0 Å². The maximum atomic E-state index is 13.7. The highest BCUT2D eigenvalue weighted by atomic mass is 32.1. The molecule has 0 aliphatic carbocycles. The Morgan fingerprint density at radius 3 is 2.26 bits per heavy atom. The fourth-order valence-electron chi connectivity index (χ4n) is 2.30. The molecule has 19 heavy (non-hydrogen) atoms. The van der Waals surface area contributed by atoms with Crippen molar-refractivity contribution in [1.82, 2.24) is 0 Å². The van der Waals surface area contributed by atoms with E-state index in [1.807, 2.05) is 6.07 Å². The van der Waals surface area contributed by atoms with Gasteiger partial charge < -0.3 is 11.1 Å². The maximum Gasteiger partial charge on any atom is 0.135 e. The van der Waals surface area contributed by atoms with Gasteiger partial charge in [0.25, 0.3) is 0 Å². The zero-order chi connectivity index (χ0) is 14.6. The summed E-state index contributed by atoms with van der Waals surface area (Å²) in [7, 11) is 0. The molecule has 1 rings (SSSR count). The number of nitrogens with two attached hydrogens (primary N) is 1. The van der Waals surface area contributed by atoms with Gasteiger partial charge >= 0.3 is 0 Å². The molecular weight excluding hydrogens is 259 g/mol. The Hall–Kier alpha value is -1.16. The summed E-state index contributed by atoms with van der Waals surface area (Å²) < 4.78 is 13.7. The maximum absolute atomic E-state index is 13.7. The minimum atomic E-state index is -0.372. The molecule has 0 fully saturated rings. The van der Waals surface area contributed by atoms with Crippen molar-refractivity contribution in [3.05, 3.63) is 29.6 Å². The monoisotopic (exact) mass is 282 g/mol. The third kappa shape index (κ3) is 4.46. The van der Waals surface area contributed by atoms with E-state index in [0.717, 1.165) is 12.2 Å². The number of benzene rings is 1. The molecule has 0 aliphatic rings. The molecule has 2 nitrogen and oxygen atoms in total. The Bertz CT molecular complexity index is 436. The van der Waals surface area contributed by atoms with Crippen molar-refractivity contribution < 1.29 is 4.39 Å². The van der Waals surface area contributed by atoms with Gasteiger partial charge in [-0.3, -0.25) is 0 Å². The van der Waals surface area contributed by atoms with Crippen molar-refractivity contribution in [1.29, 1.82) is 0 Å². The summed E-state index contributed by atoms with van der Waals surface area (Å²) in [5.41, 5.74) is 6.50. The van der Waals surface area contributed by atoms with E-state index in [1.54, 1.807) is 6.07 Å². The number of anilines is 1. The number of thiocarbonyl (C=S) groups is 1. The van der Waals surface area contributed by atoms with Gasteiger partial charge in [0.1, 0.15) is 10.8 Å². The third-order valence-corrected chi connectivity index (χ3v) is 3.71. The van der Waals surface area contributed by atoms with Gasteiger partial charge in [-0.2, -0.15) is 0 Å². The highest BCUT2D eigenvalue weighted by Crippen LogP contribution is 2.22. The quantitative estimate of drug-likeness (QED) is 0.779. The number of halogens is 1. The smallest absolute Gasteiger partial charge is 0.135 e. The highest BCUT2D eigenvalue weighted by Gasteiger charge is 2.17. The molecule has 0 spiro atoms. The van der Waals surface area contributed by atoms with Crippen molar-refractivity contribution in [2.45, 2.75) is 27.7 Å². The van der Waals surface area contributed by atoms with Crippen LogP contribution in [0.1, 0.15) is 33.3 Å². The fraction of sp³-hybridized carbons (Fsp3) is 0.533. The lowest BCUT2D eigenvalue weighted by molar-refractivity contribution is 0.304. The molecule has 0 radical (unpaired) electrons. The fourth-order valence-corrected chi connectivity index (χ4v) is 2.47. The first-order chi connectivity index (χ1) is 8.82. The first kappa shape index (κ1) is 15.9. The summed E-state index contributed by atoms with van der Waals surface area (Å²) in [5.74, 6) is 1.36. The Labute approximate surface area is 120 Å². The Balaban J connectivity index is 2.73. The van der Waals surface area contributed by atoms with E-state index >= 15 is 0 Å². The van der Waals surface area contributed by atoms with Crippen LogP contribution in [0.2, 0.25) is 0 Å². The molecule has 0 bridgehead atoms. The van der Waals surface area contributed by atoms with Crippen molar-refractivity contribution in [2.75, 3.05) is 11.9 Å². The van der Waals surface area contributed by atoms with Crippen LogP contribution >= 0.6 is 12.2 Å². The molecule has 106 valence electrons. The molecule has 0 saturated carbocycles. The first-order valence-corrected chi connectivity index (χ1v) is 7.07. The van der Waals surface area contributed by atoms with Crippen LogP contribution in [0.3, 0.4) is 0 Å². The van der Waals surface area contributed by atoms with Crippen LogP contribution in [-0.4, -0.2) is 11.5 Å². The van der Waals surface area contributed by atoms with E-state index in [9.17, 15) is 4.39 Å². The van der Waals surface area contributed by atoms with Crippen molar-refractivity contribution in [3.63, 3.8) is 0 Å². The third-order valence-electron chi connectivity index (χ3n) is 3.49. The molecule has 0 amide bonds. The number of hydrogen-bond acceptors (Lipinski definition) is 2. The second-order valence-corrected chi connectivity index (χ2v) is 6.03. The standard InChI is InChI=1S/C15H23FN2S/c1-9(2)13(10(3)4)8-18-11-5-6-12(15(17)19)14(16)7-11/h5-7,9-10,13,18H,8H2,1-4H3,(H2,17,19). The first-order valence-electron chi connectivity index (χ1n) is 6.66. The molecule has 1 aromatic carbocycles. The molecule has 1 aromatic rings. The number of hydrogen-bond donors (Lipinski definition) is 2. The van der Waals surface area contributed by atoms with Crippen LogP contribution < -0.4 is 11.1 Å². The van der Waals surface area contributed by atoms with Gasteiger partial charge in [0.2, 0.25) is 0 Å². The predicted octanol–water partition coefficient (Wildman–Crippen LogP) is 3.80. The van der Waals surface area contributed by atoms with Gasteiger partial charge in [-0.05, 0) is 36.0 Å². The zero-order valence-corrected chi connectivity index (χ0v) is 12.9. The largest absolute Gasteiger partial charge is 0.389 e. The molecule has 0 aliphatic heterocycles. The summed E-state index contributed by atoms with van der Waals surface area (Å²) >= 11 is 4.78. The summed E-state index contributed by atoms with van der Waals surface area (Å²) in [6.45, 7) is 9.68. The lowest BCUT2D eigenvalue weighted by atomic mass is 9.85. The van der Waals surface area contributed by atoms with Gasteiger partial charge in [0.15, 0.2) is 0 Å². The van der Waals surface area contributed by atoms with E-state index in [0.29, 0.717) is 23.3 Å². The van der Waals surface area contributed by atoms with E-state index in [-0.39, 0.29) is 10.8 Å². The van der Waals surface area contributed by atoms with Gasteiger partial charge in [-0.1, -0.05) is 39.9 Å². The molecule has 0 atom stereocenters. The Kier molecular flexibility index (Phi) is 5.73. The van der Waals surface area contributed by atoms with E-state index in [1.165, 1.54) is 6.07 Å². The van der Waals surface area contributed by atoms with Crippen molar-refractivity contribution >= 4 is 22.9 Å². The number of nitrogens with one attached hydrogen (secondary N) is 1. The van der Waals surface area contributed by atoms with Crippen LogP contribution in [0.4, 0.5) is 10.1 Å². The average molecular weight is 282 g/mol. The minimum Gasteiger partial charge on any atom is -0.389 e. The minimum absolute atomic E-state index is 0.0892. The van der Waals surface area contributed by atoms with E-state index in [4.69, 9.17) is 18.0 Å². The summed E-state index contributed by atoms with van der Waals surface area (Å²) in [4.78, 5) is 0.0892. The Morgan fingerprint density at radius 2 is 1.84 bits per heavy atom. The molecule has 0 heterocycles. The van der Waals surface area contributed by atoms with Crippen LogP contribution in [-0.2, 0) is 0 Å². The van der Waals surface area contributed by atoms with E-state index in [2.05, 4.69) is 33.0 Å². The lowest BCUT2D eigenvalue weighted by Gasteiger charge is -2.25. The summed E-state index contributed by atoms with van der Waals surface area (Å²) in [6, 6.07) is 4.89. The molecule has 4 heteroatoms. The highest BCUT2D eigenvalue weighted by molar-refractivity contribution is 7.80. The van der Waals surface area contributed by atoms with Crippen molar-refractivity contribution in [2.24, 2.45) is 23.5 Å². The predicted molar refractivity (Wildman–Crippen MR) is 83.9 cm³/mol. The second-order valence-electron chi connectivity index (χ2n) is 5.59. The summed E-state index contributed by atoms with van der Waals surface area (Å²) in [6.07, 6.45) is 0. The lowest BCUT2D eigenvalue weighted by Crippen LogP contribution is -2.24. The normalized spacial score (nSPS) is 11.4. The number of rotatable bonds is 6. The topological polar surface area (TPSA) is 38.0 Å². The van der Waals surface area contributed by atoms with Crippen LogP contribution in [0.5, 0.6) is 0 Å². The van der Waals surface area contributed by atoms with Crippen LogP contribution in [0, 0.1) is 23.6 Å². The summed E-state index contributed by atoms with van der Waals surface area (Å²) in [5, 5.41) is 3.29. The van der Waals surface area contributed by atoms with Gasteiger partial charge in [-0.25, -0.2) is 4.39 Å². The molecule has 3 N–H and O–H groups in total. The SMILES string of the molecule is CC(C)C(CNc1ccc(C(N)=S)c(F)c1)C(C)C. The van der Waals surface area contributed by atoms with Crippen LogP contribution in [0.15, 0.2) is 18.2 Å². The molecule has 0 aromatic heterocycles. The van der Waals surface area contributed by atoms with Gasteiger partial charge in [0, 0.05) is 17.8 Å².